The van der Waals surface area contributed by atoms with E-state index in [4.69, 9.17) is 10.5 Å². The minimum absolute atomic E-state index is 0.0717. The van der Waals surface area contributed by atoms with Crippen LogP contribution in [0.15, 0.2) is 12.7 Å². The van der Waals surface area contributed by atoms with Crippen molar-refractivity contribution in [2.24, 2.45) is 0 Å². The lowest BCUT2D eigenvalue weighted by molar-refractivity contribution is -0.144. The van der Waals surface area contributed by atoms with Gasteiger partial charge in [-0.1, -0.05) is 0 Å². The number of nitrogens with zero attached hydrogens (tertiary/aromatic N) is 4. The highest BCUT2D eigenvalue weighted by atomic mass is 16.5. The predicted octanol–water partition coefficient (Wildman–Crippen LogP) is -0.0709. The first-order valence-corrected chi connectivity index (χ1v) is 4.23. The number of anilines is 1. The van der Waals surface area contributed by atoms with Crippen molar-refractivity contribution in [3.63, 3.8) is 0 Å². The van der Waals surface area contributed by atoms with E-state index in [1.807, 2.05) is 0 Å². The van der Waals surface area contributed by atoms with Crippen LogP contribution in [0.1, 0.15) is 6.92 Å². The summed E-state index contributed by atoms with van der Waals surface area (Å²) in [4.78, 5) is 22.4. The van der Waals surface area contributed by atoms with E-state index in [9.17, 15) is 4.79 Å². The number of nitrogen functional groups attached to an aromatic ring is 1. The van der Waals surface area contributed by atoms with Crippen molar-refractivity contribution in [1.82, 2.24) is 19.5 Å². The van der Waals surface area contributed by atoms with Crippen LogP contribution < -0.4 is 5.73 Å². The third-order valence-corrected chi connectivity index (χ3v) is 1.84. The maximum absolute atomic E-state index is 10.6. The Morgan fingerprint density at radius 3 is 3.07 bits per heavy atom. The van der Waals surface area contributed by atoms with Crippen LogP contribution in [-0.2, 0) is 16.3 Å². The van der Waals surface area contributed by atoms with Gasteiger partial charge in [0.2, 0.25) is 0 Å². The zero-order chi connectivity index (χ0) is 10.8. The van der Waals surface area contributed by atoms with Crippen LogP contribution in [0.3, 0.4) is 0 Å². The van der Waals surface area contributed by atoms with Crippen molar-refractivity contribution in [2.75, 3.05) is 5.73 Å². The highest BCUT2D eigenvalue weighted by molar-refractivity contribution is 5.81. The van der Waals surface area contributed by atoms with Crippen LogP contribution >= 0.6 is 0 Å². The van der Waals surface area contributed by atoms with Gasteiger partial charge in [-0.15, -0.1) is 0 Å². The second-order valence-electron chi connectivity index (χ2n) is 2.91. The van der Waals surface area contributed by atoms with Gasteiger partial charge in [0.05, 0.1) is 6.33 Å². The smallest absolute Gasteiger partial charge is 0.304 e. The number of aromatic nitrogens is 4. The lowest BCUT2D eigenvalue weighted by Gasteiger charge is -2.02. The van der Waals surface area contributed by atoms with Crippen molar-refractivity contribution in [2.45, 2.75) is 13.7 Å². The minimum atomic E-state index is -0.362. The quantitative estimate of drug-likeness (QED) is 0.692. The standard InChI is InChI=1S/C8H9N5O2/c1-5(14)15-4-13-3-12-6-7(9)10-2-11-8(6)13/h2-3H,4H2,1H3,(H2,9,10,11). The number of carbonyl (C=O) groups is 1. The van der Waals surface area contributed by atoms with E-state index in [1.54, 1.807) is 4.57 Å². The van der Waals surface area contributed by atoms with Gasteiger partial charge in [-0.25, -0.2) is 15.0 Å². The van der Waals surface area contributed by atoms with Gasteiger partial charge in [0.15, 0.2) is 18.2 Å². The summed E-state index contributed by atoms with van der Waals surface area (Å²) in [6.07, 6.45) is 2.84. The highest BCUT2D eigenvalue weighted by Gasteiger charge is 2.07. The van der Waals surface area contributed by atoms with E-state index in [-0.39, 0.29) is 12.7 Å². The summed E-state index contributed by atoms with van der Waals surface area (Å²) in [5.41, 5.74) is 6.64. The molecule has 2 N–H and O–H groups in total. The molecule has 0 aliphatic carbocycles. The number of ether oxygens (including phenoxy) is 1. The number of carbonyl (C=O) groups excluding carboxylic acids is 1. The van der Waals surface area contributed by atoms with Gasteiger partial charge in [0.1, 0.15) is 11.8 Å². The van der Waals surface area contributed by atoms with Crippen molar-refractivity contribution in [3.05, 3.63) is 12.7 Å². The number of hydrogen-bond acceptors (Lipinski definition) is 6. The van der Waals surface area contributed by atoms with E-state index in [0.717, 1.165) is 0 Å². The molecular formula is C8H9N5O2. The molecule has 78 valence electrons. The van der Waals surface area contributed by atoms with Gasteiger partial charge in [0.25, 0.3) is 0 Å². The molecule has 2 aromatic rings. The predicted molar refractivity (Wildman–Crippen MR) is 51.5 cm³/mol. The lowest BCUT2D eigenvalue weighted by atomic mass is 10.5. The molecule has 0 aliphatic heterocycles. The van der Waals surface area contributed by atoms with Crippen molar-refractivity contribution in [1.29, 1.82) is 0 Å². The Kier molecular flexibility index (Phi) is 2.20. The fourth-order valence-electron chi connectivity index (χ4n) is 1.15. The molecule has 7 heteroatoms. The maximum Gasteiger partial charge on any atom is 0.304 e. The van der Waals surface area contributed by atoms with Crippen LogP contribution in [0.2, 0.25) is 0 Å². The third kappa shape index (κ3) is 1.71. The minimum Gasteiger partial charge on any atom is -0.444 e. The van der Waals surface area contributed by atoms with Crippen molar-refractivity contribution in [3.8, 4) is 0 Å². The highest BCUT2D eigenvalue weighted by Crippen LogP contribution is 2.13. The SMILES string of the molecule is CC(=O)OCn1cnc2c(N)ncnc21. The molecule has 0 spiro atoms. The molecule has 0 saturated carbocycles. The van der Waals surface area contributed by atoms with E-state index < -0.39 is 0 Å². The Balaban J connectivity index is 2.37. The molecule has 0 bridgehead atoms. The Hall–Kier alpha value is -2.18. The molecule has 15 heavy (non-hydrogen) atoms. The van der Waals surface area contributed by atoms with Crippen LogP contribution in [0, 0.1) is 0 Å². The van der Waals surface area contributed by atoms with Gasteiger partial charge in [-0.05, 0) is 0 Å². The molecule has 0 aromatic carbocycles. The van der Waals surface area contributed by atoms with E-state index in [2.05, 4.69) is 15.0 Å². The van der Waals surface area contributed by atoms with E-state index in [0.29, 0.717) is 17.0 Å². The van der Waals surface area contributed by atoms with Crippen LogP contribution in [0.4, 0.5) is 5.82 Å². The van der Waals surface area contributed by atoms with Crippen molar-refractivity contribution >= 4 is 23.0 Å². The molecule has 2 aromatic heterocycles. The van der Waals surface area contributed by atoms with Gasteiger partial charge in [0, 0.05) is 6.92 Å². The fraction of sp³-hybridized carbons (Fsp3) is 0.250. The largest absolute Gasteiger partial charge is 0.444 e. The zero-order valence-electron chi connectivity index (χ0n) is 8.04. The maximum atomic E-state index is 10.6. The summed E-state index contributed by atoms with van der Waals surface area (Å²) in [6, 6.07) is 0. The van der Waals surface area contributed by atoms with Gasteiger partial charge >= 0.3 is 5.97 Å². The molecule has 7 nitrogen and oxygen atoms in total. The summed E-state index contributed by atoms with van der Waals surface area (Å²) in [7, 11) is 0. The number of rotatable bonds is 2. The molecule has 2 rings (SSSR count). The lowest BCUT2D eigenvalue weighted by Crippen LogP contribution is -2.06. The molecule has 0 saturated heterocycles. The molecule has 0 fully saturated rings. The summed E-state index contributed by atoms with van der Waals surface area (Å²) < 4.78 is 6.40. The number of hydrogen-bond donors (Lipinski definition) is 1. The number of esters is 1. The monoisotopic (exact) mass is 207 g/mol. The summed E-state index contributed by atoms with van der Waals surface area (Å²) in [6.45, 7) is 1.41. The molecule has 0 amide bonds. The van der Waals surface area contributed by atoms with Gasteiger partial charge in [-0.3, -0.25) is 9.36 Å². The molecule has 0 atom stereocenters. The summed E-state index contributed by atoms with van der Waals surface area (Å²) in [5, 5.41) is 0. The molecule has 2 heterocycles. The molecule has 0 aliphatic rings. The Morgan fingerprint density at radius 1 is 1.53 bits per heavy atom. The number of nitrogens with two attached hydrogens (primary N) is 1. The summed E-state index contributed by atoms with van der Waals surface area (Å²) >= 11 is 0. The van der Waals surface area contributed by atoms with E-state index >= 15 is 0 Å². The molecule has 0 unspecified atom stereocenters. The Morgan fingerprint density at radius 2 is 2.33 bits per heavy atom. The number of fused-ring (bicyclic) bond motifs is 1. The average Bonchev–Trinajstić information content (AvgIpc) is 2.59. The van der Waals surface area contributed by atoms with Gasteiger partial charge in [-0.2, -0.15) is 0 Å². The molecular weight excluding hydrogens is 198 g/mol. The number of imidazole rings is 1. The van der Waals surface area contributed by atoms with Crippen LogP contribution in [-0.4, -0.2) is 25.5 Å². The summed E-state index contributed by atoms with van der Waals surface area (Å²) in [5.74, 6) is -0.0551. The first-order valence-electron chi connectivity index (χ1n) is 4.23. The zero-order valence-corrected chi connectivity index (χ0v) is 8.04. The molecule has 0 radical (unpaired) electrons. The first kappa shape index (κ1) is 9.38. The second kappa shape index (κ2) is 3.52. The first-order chi connectivity index (χ1) is 7.18. The average molecular weight is 207 g/mol. The third-order valence-electron chi connectivity index (χ3n) is 1.84. The van der Waals surface area contributed by atoms with Gasteiger partial charge < -0.3 is 10.5 Å². The second-order valence-corrected chi connectivity index (χ2v) is 2.91. The van der Waals surface area contributed by atoms with Crippen molar-refractivity contribution < 1.29 is 9.53 Å². The Labute approximate surface area is 84.9 Å². The Bertz CT molecular complexity index is 507. The fourth-order valence-corrected chi connectivity index (χ4v) is 1.15. The normalized spacial score (nSPS) is 10.5. The van der Waals surface area contributed by atoms with Crippen LogP contribution in [0.25, 0.3) is 11.2 Å². The van der Waals surface area contributed by atoms with Crippen LogP contribution in [0.5, 0.6) is 0 Å². The topological polar surface area (TPSA) is 95.9 Å². The van der Waals surface area contributed by atoms with E-state index in [1.165, 1.54) is 19.6 Å².